The molecule has 0 bridgehead atoms. The maximum absolute atomic E-state index is 12.2. The number of hydrogen-bond donors (Lipinski definition) is 2. The molecule has 0 saturated heterocycles. The van der Waals surface area contributed by atoms with Gasteiger partial charge in [0.1, 0.15) is 17.9 Å². The lowest BCUT2D eigenvalue weighted by Gasteiger charge is -2.16. The van der Waals surface area contributed by atoms with Crippen molar-refractivity contribution < 1.29 is 9.53 Å². The fourth-order valence-corrected chi connectivity index (χ4v) is 3.58. The Morgan fingerprint density at radius 2 is 1.97 bits per heavy atom. The van der Waals surface area contributed by atoms with E-state index in [9.17, 15) is 4.79 Å². The SMILES string of the molecule is CNC(=O)c1ccnc2c([C@H](C)CNc3cc(-c4cncc(OC)c4)ncn3)cccc12.S. The van der Waals surface area contributed by atoms with Crippen LogP contribution >= 0.6 is 13.5 Å². The standard InChI is InChI=1S/C24H24N6O2.H2S/c1-15(18-5-4-6-19-20(24(31)25-2)7-8-27-23(18)19)11-28-22-10-21(29-14-30-22)16-9-17(32-3)13-26-12-16;/h4-10,12-15H,11H2,1-3H3,(H,25,31)(H,28,29,30);1H2/t15-;/m1./s1. The van der Waals surface area contributed by atoms with E-state index in [2.05, 4.69) is 37.5 Å². The zero-order valence-electron chi connectivity index (χ0n) is 18.7. The molecule has 4 aromatic rings. The van der Waals surface area contributed by atoms with Gasteiger partial charge in [-0.05, 0) is 17.7 Å². The molecule has 0 spiro atoms. The maximum atomic E-state index is 12.2. The van der Waals surface area contributed by atoms with Crippen molar-refractivity contribution >= 4 is 36.1 Å². The van der Waals surface area contributed by atoms with Crippen molar-refractivity contribution in [2.75, 3.05) is 26.0 Å². The molecule has 8 nitrogen and oxygen atoms in total. The molecule has 9 heteroatoms. The number of benzene rings is 1. The van der Waals surface area contributed by atoms with E-state index in [0.29, 0.717) is 23.7 Å². The Morgan fingerprint density at radius 1 is 1.12 bits per heavy atom. The topological polar surface area (TPSA) is 102 Å². The number of amides is 1. The normalized spacial score (nSPS) is 11.4. The van der Waals surface area contributed by atoms with E-state index in [1.807, 2.05) is 30.3 Å². The van der Waals surface area contributed by atoms with Crippen LogP contribution in [0.1, 0.15) is 28.8 Å². The van der Waals surface area contributed by atoms with E-state index in [-0.39, 0.29) is 25.3 Å². The largest absolute Gasteiger partial charge is 0.495 e. The lowest BCUT2D eigenvalue weighted by atomic mass is 9.96. The van der Waals surface area contributed by atoms with Gasteiger partial charge in [0, 0.05) is 48.9 Å². The van der Waals surface area contributed by atoms with E-state index in [1.54, 1.807) is 38.8 Å². The summed E-state index contributed by atoms with van der Waals surface area (Å²) in [5, 5.41) is 6.91. The van der Waals surface area contributed by atoms with Gasteiger partial charge in [-0.25, -0.2) is 9.97 Å². The van der Waals surface area contributed by atoms with Gasteiger partial charge in [0.2, 0.25) is 0 Å². The fourth-order valence-electron chi connectivity index (χ4n) is 3.58. The molecule has 2 N–H and O–H groups in total. The van der Waals surface area contributed by atoms with Crippen LogP contribution in [0.4, 0.5) is 5.82 Å². The van der Waals surface area contributed by atoms with Gasteiger partial charge in [-0.1, -0.05) is 25.1 Å². The third kappa shape index (κ3) is 5.20. The number of nitrogens with zero attached hydrogens (tertiary/aromatic N) is 4. The summed E-state index contributed by atoms with van der Waals surface area (Å²) < 4.78 is 5.25. The quantitative estimate of drug-likeness (QED) is 0.431. The van der Waals surface area contributed by atoms with Gasteiger partial charge in [0.05, 0.1) is 30.1 Å². The van der Waals surface area contributed by atoms with E-state index >= 15 is 0 Å². The molecule has 0 aliphatic rings. The van der Waals surface area contributed by atoms with E-state index < -0.39 is 0 Å². The van der Waals surface area contributed by atoms with Gasteiger partial charge in [-0.15, -0.1) is 0 Å². The van der Waals surface area contributed by atoms with Gasteiger partial charge in [0.25, 0.3) is 5.91 Å². The molecular formula is C24H26N6O2S. The molecule has 3 aromatic heterocycles. The number of para-hydroxylation sites is 1. The van der Waals surface area contributed by atoms with Gasteiger partial charge in [-0.2, -0.15) is 13.5 Å². The molecule has 4 rings (SSSR count). The molecule has 1 amide bonds. The van der Waals surface area contributed by atoms with Crippen molar-refractivity contribution in [3.8, 4) is 17.0 Å². The van der Waals surface area contributed by atoms with Crippen molar-refractivity contribution in [2.45, 2.75) is 12.8 Å². The number of carbonyl (C=O) groups is 1. The van der Waals surface area contributed by atoms with Gasteiger partial charge >= 0.3 is 0 Å². The number of carbonyl (C=O) groups excluding carboxylic acids is 1. The van der Waals surface area contributed by atoms with Crippen LogP contribution in [0, 0.1) is 0 Å². The van der Waals surface area contributed by atoms with Crippen LogP contribution in [0.2, 0.25) is 0 Å². The Labute approximate surface area is 199 Å². The highest BCUT2D eigenvalue weighted by atomic mass is 32.1. The lowest BCUT2D eigenvalue weighted by molar-refractivity contribution is 0.0964. The molecule has 0 saturated carbocycles. The van der Waals surface area contributed by atoms with Gasteiger partial charge in [0.15, 0.2) is 0 Å². The van der Waals surface area contributed by atoms with Crippen molar-refractivity contribution in [3.63, 3.8) is 0 Å². The van der Waals surface area contributed by atoms with Crippen LogP contribution in [-0.4, -0.2) is 46.5 Å². The summed E-state index contributed by atoms with van der Waals surface area (Å²) in [7, 11) is 3.23. The average Bonchev–Trinajstić information content (AvgIpc) is 2.86. The first-order valence-corrected chi connectivity index (χ1v) is 10.3. The molecule has 3 heterocycles. The predicted octanol–water partition coefficient (Wildman–Crippen LogP) is 3.78. The van der Waals surface area contributed by atoms with Crippen LogP contribution in [0.5, 0.6) is 5.75 Å². The van der Waals surface area contributed by atoms with E-state index in [0.717, 1.165) is 27.7 Å². The number of pyridine rings is 2. The molecule has 0 aliphatic heterocycles. The second-order valence-electron chi connectivity index (χ2n) is 7.36. The number of anilines is 1. The number of hydrogen-bond acceptors (Lipinski definition) is 7. The second kappa shape index (κ2) is 10.7. The minimum atomic E-state index is -0.124. The van der Waals surface area contributed by atoms with Crippen molar-refractivity contribution in [3.05, 3.63) is 72.4 Å². The minimum absolute atomic E-state index is 0. The summed E-state index contributed by atoms with van der Waals surface area (Å²) in [4.78, 5) is 29.7. The molecule has 0 fully saturated rings. The number of methoxy groups -OCH3 is 1. The molecular weight excluding hydrogens is 436 g/mol. The summed E-state index contributed by atoms with van der Waals surface area (Å²) in [6.07, 6.45) is 6.59. The Morgan fingerprint density at radius 3 is 2.76 bits per heavy atom. The highest BCUT2D eigenvalue weighted by Gasteiger charge is 2.15. The summed E-state index contributed by atoms with van der Waals surface area (Å²) in [5.41, 5.74) is 4.11. The first-order chi connectivity index (χ1) is 15.6. The highest BCUT2D eigenvalue weighted by molar-refractivity contribution is 7.59. The van der Waals surface area contributed by atoms with Crippen LogP contribution in [0.3, 0.4) is 0 Å². The number of ether oxygens (including phenoxy) is 1. The zero-order chi connectivity index (χ0) is 22.5. The monoisotopic (exact) mass is 462 g/mol. The van der Waals surface area contributed by atoms with Crippen LogP contribution in [-0.2, 0) is 0 Å². The van der Waals surface area contributed by atoms with Crippen molar-refractivity contribution in [1.82, 2.24) is 25.3 Å². The first-order valence-electron chi connectivity index (χ1n) is 10.3. The lowest BCUT2D eigenvalue weighted by Crippen LogP contribution is -2.18. The Bertz CT molecular complexity index is 1270. The summed E-state index contributed by atoms with van der Waals surface area (Å²) in [5.74, 6) is 1.39. The van der Waals surface area contributed by atoms with Crippen molar-refractivity contribution in [1.29, 1.82) is 0 Å². The first kappa shape index (κ1) is 23.9. The van der Waals surface area contributed by atoms with E-state index in [1.165, 1.54) is 6.33 Å². The number of aromatic nitrogens is 4. The van der Waals surface area contributed by atoms with Crippen LogP contribution < -0.4 is 15.4 Å². The molecule has 0 aliphatic carbocycles. The Hall–Kier alpha value is -3.72. The zero-order valence-corrected chi connectivity index (χ0v) is 19.7. The van der Waals surface area contributed by atoms with Gasteiger partial charge < -0.3 is 15.4 Å². The summed E-state index contributed by atoms with van der Waals surface area (Å²) in [6, 6.07) is 11.4. The summed E-state index contributed by atoms with van der Waals surface area (Å²) in [6.45, 7) is 2.75. The van der Waals surface area contributed by atoms with E-state index in [4.69, 9.17) is 4.74 Å². The predicted molar refractivity (Wildman–Crippen MR) is 134 cm³/mol. The third-order valence-electron chi connectivity index (χ3n) is 5.31. The van der Waals surface area contributed by atoms with Crippen LogP contribution in [0.15, 0.2) is 61.3 Å². The van der Waals surface area contributed by atoms with Crippen molar-refractivity contribution in [2.24, 2.45) is 0 Å². The number of nitrogens with one attached hydrogen (secondary N) is 2. The molecule has 33 heavy (non-hydrogen) atoms. The molecule has 1 atom stereocenters. The molecule has 170 valence electrons. The third-order valence-corrected chi connectivity index (χ3v) is 5.31. The number of fused-ring (bicyclic) bond motifs is 1. The maximum Gasteiger partial charge on any atom is 0.251 e. The Kier molecular flexibility index (Phi) is 7.78. The summed E-state index contributed by atoms with van der Waals surface area (Å²) >= 11 is 0. The fraction of sp³-hybridized carbons (Fsp3) is 0.208. The molecule has 0 radical (unpaired) electrons. The number of rotatable bonds is 7. The average molecular weight is 463 g/mol. The molecule has 1 aromatic carbocycles. The van der Waals surface area contributed by atoms with Gasteiger partial charge in [-0.3, -0.25) is 14.8 Å². The highest BCUT2D eigenvalue weighted by Crippen LogP contribution is 2.27. The Balaban J connectivity index is 0.00000306. The minimum Gasteiger partial charge on any atom is -0.495 e. The molecule has 0 unspecified atom stereocenters. The van der Waals surface area contributed by atoms with Crippen LogP contribution in [0.25, 0.3) is 22.2 Å². The second-order valence-corrected chi connectivity index (χ2v) is 7.36. The smallest absolute Gasteiger partial charge is 0.251 e.